The minimum Gasteiger partial charge on any atom is -0.502 e. The Morgan fingerprint density at radius 2 is 1.60 bits per heavy atom. The molecule has 1 aliphatic heterocycles. The Bertz CT molecular complexity index is 474. The van der Waals surface area contributed by atoms with Gasteiger partial charge < -0.3 is 24.4 Å². The van der Waals surface area contributed by atoms with E-state index in [0.717, 1.165) is 36.7 Å². The van der Waals surface area contributed by atoms with Gasteiger partial charge in [-0.2, -0.15) is 0 Å². The molecule has 0 spiro atoms. The molecule has 1 aromatic carbocycles. The summed E-state index contributed by atoms with van der Waals surface area (Å²) in [6.07, 6.45) is 0. The van der Waals surface area contributed by atoms with Crippen molar-refractivity contribution in [3.8, 4) is 17.2 Å². The molecular formula is C14H20N2O3S. The van der Waals surface area contributed by atoms with Crippen molar-refractivity contribution in [3.63, 3.8) is 0 Å². The number of likely N-dealkylation sites (N-methyl/N-ethyl adjacent to an activating group) is 1. The fourth-order valence-electron chi connectivity index (χ4n) is 2.21. The monoisotopic (exact) mass is 296 g/mol. The third kappa shape index (κ3) is 2.96. The highest BCUT2D eigenvalue weighted by Gasteiger charge is 2.20. The van der Waals surface area contributed by atoms with Crippen LogP contribution >= 0.6 is 12.2 Å². The highest BCUT2D eigenvalue weighted by atomic mass is 32.1. The topological polar surface area (TPSA) is 45.2 Å². The number of phenols is 1. The molecule has 6 heteroatoms. The van der Waals surface area contributed by atoms with Gasteiger partial charge in [-0.15, -0.1) is 0 Å². The highest BCUT2D eigenvalue weighted by molar-refractivity contribution is 7.80. The molecule has 1 aromatic rings. The lowest BCUT2D eigenvalue weighted by atomic mass is 10.1. The molecule has 1 heterocycles. The predicted molar refractivity (Wildman–Crippen MR) is 82.0 cm³/mol. The number of hydrogen-bond acceptors (Lipinski definition) is 5. The summed E-state index contributed by atoms with van der Waals surface area (Å²) in [5.41, 5.74) is 0.830. The molecule has 2 rings (SSSR count). The molecule has 1 saturated heterocycles. The van der Waals surface area contributed by atoms with Crippen molar-refractivity contribution in [2.45, 2.75) is 0 Å². The van der Waals surface area contributed by atoms with Gasteiger partial charge in [0.15, 0.2) is 11.5 Å². The van der Waals surface area contributed by atoms with Crippen LogP contribution < -0.4 is 9.47 Å². The Hall–Kier alpha value is -1.53. The first-order valence-electron chi connectivity index (χ1n) is 6.49. The summed E-state index contributed by atoms with van der Waals surface area (Å²) in [5, 5.41) is 9.93. The second kappa shape index (κ2) is 6.28. The molecule has 20 heavy (non-hydrogen) atoms. The number of nitrogens with zero attached hydrogens (tertiary/aromatic N) is 2. The van der Waals surface area contributed by atoms with Gasteiger partial charge in [-0.25, -0.2) is 0 Å². The number of rotatable bonds is 3. The van der Waals surface area contributed by atoms with E-state index in [0.29, 0.717) is 11.5 Å². The molecule has 0 bridgehead atoms. The molecule has 0 unspecified atom stereocenters. The third-order valence-corrected chi connectivity index (χ3v) is 4.01. The van der Waals surface area contributed by atoms with E-state index in [2.05, 4.69) is 16.8 Å². The van der Waals surface area contributed by atoms with Crippen molar-refractivity contribution in [1.29, 1.82) is 0 Å². The summed E-state index contributed by atoms with van der Waals surface area (Å²) in [6.45, 7) is 3.79. The Morgan fingerprint density at radius 3 is 2.05 bits per heavy atom. The minimum atomic E-state index is -0.0000671. The van der Waals surface area contributed by atoms with Gasteiger partial charge in [0.25, 0.3) is 0 Å². The molecule has 5 nitrogen and oxygen atoms in total. The van der Waals surface area contributed by atoms with E-state index >= 15 is 0 Å². The van der Waals surface area contributed by atoms with Crippen LogP contribution in [0.4, 0.5) is 0 Å². The SMILES string of the molecule is COc1cc(C(=S)N2CCN(C)CC2)cc(OC)c1O. The lowest BCUT2D eigenvalue weighted by Crippen LogP contribution is -2.46. The van der Waals surface area contributed by atoms with Crippen LogP contribution in [0.15, 0.2) is 12.1 Å². The standard InChI is InChI=1S/C14H20N2O3S/c1-15-4-6-16(7-5-15)14(20)10-8-11(18-2)13(17)12(9-10)19-3/h8-9,17H,4-7H2,1-3H3. The summed E-state index contributed by atoms with van der Waals surface area (Å²) in [5.74, 6) is 0.742. The van der Waals surface area contributed by atoms with Gasteiger partial charge in [-0.1, -0.05) is 12.2 Å². The van der Waals surface area contributed by atoms with Gasteiger partial charge in [0.1, 0.15) is 4.99 Å². The normalized spacial score (nSPS) is 16.1. The van der Waals surface area contributed by atoms with Crippen LogP contribution in [0.2, 0.25) is 0 Å². The maximum atomic E-state index is 9.93. The Labute approximate surface area is 124 Å². The van der Waals surface area contributed by atoms with Crippen LogP contribution in [0.3, 0.4) is 0 Å². The van der Waals surface area contributed by atoms with Gasteiger partial charge in [0, 0.05) is 31.7 Å². The lowest BCUT2D eigenvalue weighted by Gasteiger charge is -2.34. The van der Waals surface area contributed by atoms with Crippen molar-refractivity contribution in [2.75, 3.05) is 47.4 Å². The van der Waals surface area contributed by atoms with E-state index in [1.807, 2.05) is 0 Å². The minimum absolute atomic E-state index is 0.0000671. The number of hydrogen-bond donors (Lipinski definition) is 1. The zero-order valence-corrected chi connectivity index (χ0v) is 12.9. The fourth-order valence-corrected chi connectivity index (χ4v) is 2.51. The summed E-state index contributed by atoms with van der Waals surface area (Å²) in [6, 6.07) is 3.50. The third-order valence-electron chi connectivity index (χ3n) is 3.52. The summed E-state index contributed by atoms with van der Waals surface area (Å²) in [7, 11) is 5.13. The molecule has 0 saturated carbocycles. The van der Waals surface area contributed by atoms with Crippen molar-refractivity contribution in [2.24, 2.45) is 0 Å². The maximum absolute atomic E-state index is 9.93. The quantitative estimate of drug-likeness (QED) is 0.849. The zero-order valence-electron chi connectivity index (χ0n) is 12.0. The van der Waals surface area contributed by atoms with E-state index in [9.17, 15) is 5.11 Å². The molecule has 0 amide bonds. The molecule has 0 aromatic heterocycles. The number of piperazine rings is 1. The molecule has 1 aliphatic rings. The smallest absolute Gasteiger partial charge is 0.200 e. The van der Waals surface area contributed by atoms with Crippen molar-refractivity contribution < 1.29 is 14.6 Å². The average molecular weight is 296 g/mol. The predicted octanol–water partition coefficient (Wildman–Crippen LogP) is 1.33. The maximum Gasteiger partial charge on any atom is 0.200 e. The van der Waals surface area contributed by atoms with E-state index in [1.165, 1.54) is 14.2 Å². The largest absolute Gasteiger partial charge is 0.502 e. The van der Waals surface area contributed by atoms with Crippen LogP contribution in [0.1, 0.15) is 5.56 Å². The first kappa shape index (κ1) is 14.9. The van der Waals surface area contributed by atoms with Gasteiger partial charge in [0.2, 0.25) is 5.75 Å². The number of ether oxygens (including phenoxy) is 2. The van der Waals surface area contributed by atoms with Crippen LogP contribution in [0.5, 0.6) is 17.2 Å². The lowest BCUT2D eigenvalue weighted by molar-refractivity contribution is 0.218. The van der Waals surface area contributed by atoms with Crippen molar-refractivity contribution >= 4 is 17.2 Å². The fraction of sp³-hybridized carbons (Fsp3) is 0.500. The summed E-state index contributed by atoms with van der Waals surface area (Å²) >= 11 is 5.55. The number of aromatic hydroxyl groups is 1. The molecule has 0 atom stereocenters. The molecule has 0 radical (unpaired) electrons. The van der Waals surface area contributed by atoms with Gasteiger partial charge in [0.05, 0.1) is 14.2 Å². The van der Waals surface area contributed by atoms with E-state index in [-0.39, 0.29) is 5.75 Å². The first-order chi connectivity index (χ1) is 9.56. The summed E-state index contributed by atoms with van der Waals surface area (Å²) < 4.78 is 10.3. The second-order valence-electron chi connectivity index (χ2n) is 4.82. The van der Waals surface area contributed by atoms with Crippen molar-refractivity contribution in [3.05, 3.63) is 17.7 Å². The van der Waals surface area contributed by atoms with Gasteiger partial charge in [-0.05, 0) is 19.2 Å². The number of thiocarbonyl (C=S) groups is 1. The van der Waals surface area contributed by atoms with Gasteiger partial charge >= 0.3 is 0 Å². The van der Waals surface area contributed by atoms with E-state index in [4.69, 9.17) is 21.7 Å². The van der Waals surface area contributed by atoms with Gasteiger partial charge in [-0.3, -0.25) is 0 Å². The van der Waals surface area contributed by atoms with Crippen LogP contribution in [-0.2, 0) is 0 Å². The zero-order chi connectivity index (χ0) is 14.7. The molecule has 1 N–H and O–H groups in total. The second-order valence-corrected chi connectivity index (χ2v) is 5.21. The van der Waals surface area contributed by atoms with Crippen LogP contribution in [-0.4, -0.2) is 67.3 Å². The Balaban J connectivity index is 2.25. The molecule has 110 valence electrons. The molecular weight excluding hydrogens is 276 g/mol. The number of phenolic OH excluding ortho intramolecular Hbond substituents is 1. The number of methoxy groups -OCH3 is 2. The van der Waals surface area contributed by atoms with E-state index < -0.39 is 0 Å². The van der Waals surface area contributed by atoms with Crippen molar-refractivity contribution in [1.82, 2.24) is 9.80 Å². The average Bonchev–Trinajstić information content (AvgIpc) is 2.47. The van der Waals surface area contributed by atoms with Crippen LogP contribution in [0, 0.1) is 0 Å². The summed E-state index contributed by atoms with van der Waals surface area (Å²) in [4.78, 5) is 5.20. The highest BCUT2D eigenvalue weighted by Crippen LogP contribution is 2.37. The first-order valence-corrected chi connectivity index (χ1v) is 6.90. The Kier molecular flexibility index (Phi) is 4.67. The van der Waals surface area contributed by atoms with Crippen LogP contribution in [0.25, 0.3) is 0 Å². The Morgan fingerprint density at radius 1 is 1.10 bits per heavy atom. The molecule has 0 aliphatic carbocycles. The molecule has 1 fully saturated rings. The number of benzene rings is 1. The van der Waals surface area contributed by atoms with E-state index in [1.54, 1.807) is 12.1 Å².